The number of piperidine rings is 1. The van der Waals surface area contributed by atoms with Gasteiger partial charge in [0.1, 0.15) is 0 Å². The van der Waals surface area contributed by atoms with Crippen LogP contribution in [0.25, 0.3) is 0 Å². The van der Waals surface area contributed by atoms with Gasteiger partial charge >= 0.3 is 0 Å². The van der Waals surface area contributed by atoms with Crippen LogP contribution in [0.15, 0.2) is 4.99 Å². The molecule has 0 atom stereocenters. The molecule has 1 aliphatic carbocycles. The smallest absolute Gasteiger partial charge is 0.185 e. The fraction of sp³-hybridized carbons (Fsp3) is 0.923. The van der Waals surface area contributed by atoms with E-state index in [0.717, 1.165) is 13.1 Å². The first kappa shape index (κ1) is 12.7. The van der Waals surface area contributed by atoms with Gasteiger partial charge in [0.2, 0.25) is 0 Å². The molecule has 17 heavy (non-hydrogen) atoms. The average molecular weight is 238 g/mol. The number of hydrogen-bond acceptors (Lipinski definition) is 2. The Morgan fingerprint density at radius 1 is 1.00 bits per heavy atom. The Kier molecular flexibility index (Phi) is 4.26. The van der Waals surface area contributed by atoms with Crippen LogP contribution in [0.1, 0.15) is 44.9 Å². The van der Waals surface area contributed by atoms with Gasteiger partial charge in [-0.3, -0.25) is 4.99 Å². The van der Waals surface area contributed by atoms with E-state index < -0.39 is 0 Å². The van der Waals surface area contributed by atoms with Crippen LogP contribution < -0.4 is 11.5 Å². The number of likely N-dealkylation sites (tertiary alicyclic amines) is 1. The Hall–Kier alpha value is -0.770. The van der Waals surface area contributed by atoms with E-state index in [1.165, 1.54) is 58.0 Å². The predicted octanol–water partition coefficient (Wildman–Crippen LogP) is 1.31. The van der Waals surface area contributed by atoms with Crippen LogP contribution in [0.2, 0.25) is 0 Å². The molecule has 0 bridgehead atoms. The molecule has 4 N–H and O–H groups in total. The number of aliphatic imine (C=N–C) groups is 1. The van der Waals surface area contributed by atoms with Crippen molar-refractivity contribution in [3.63, 3.8) is 0 Å². The Labute approximate surface area is 104 Å². The molecule has 1 spiro atoms. The molecule has 0 aromatic carbocycles. The lowest BCUT2D eigenvalue weighted by Crippen LogP contribution is -2.42. The standard InChI is InChI=1S/C13H26N4/c14-12(15)16-8-11-17-9-6-13(7-10-17)4-2-1-3-5-13/h1-11H2,(H4,14,15,16). The van der Waals surface area contributed by atoms with Gasteiger partial charge in [-0.05, 0) is 44.2 Å². The molecular weight excluding hydrogens is 212 g/mol. The van der Waals surface area contributed by atoms with Gasteiger partial charge in [0, 0.05) is 6.54 Å². The van der Waals surface area contributed by atoms with Crippen LogP contribution >= 0.6 is 0 Å². The third kappa shape index (κ3) is 3.60. The minimum atomic E-state index is 0.214. The average Bonchev–Trinajstić information content (AvgIpc) is 2.33. The van der Waals surface area contributed by atoms with E-state index >= 15 is 0 Å². The Morgan fingerprint density at radius 2 is 1.65 bits per heavy atom. The molecule has 2 rings (SSSR count). The van der Waals surface area contributed by atoms with Crippen LogP contribution in [0.3, 0.4) is 0 Å². The largest absolute Gasteiger partial charge is 0.370 e. The van der Waals surface area contributed by atoms with Crippen molar-refractivity contribution in [1.29, 1.82) is 0 Å². The molecule has 1 aliphatic heterocycles. The third-order valence-corrected chi connectivity index (χ3v) is 4.54. The van der Waals surface area contributed by atoms with Gasteiger partial charge in [-0.25, -0.2) is 0 Å². The van der Waals surface area contributed by atoms with Gasteiger partial charge in [0.15, 0.2) is 5.96 Å². The summed E-state index contributed by atoms with van der Waals surface area (Å²) in [5.74, 6) is 0.214. The van der Waals surface area contributed by atoms with Crippen molar-refractivity contribution in [3.05, 3.63) is 0 Å². The summed E-state index contributed by atoms with van der Waals surface area (Å²) in [5.41, 5.74) is 11.4. The lowest BCUT2D eigenvalue weighted by Gasteiger charge is -2.44. The fourth-order valence-electron chi connectivity index (χ4n) is 3.37. The molecular formula is C13H26N4. The quantitative estimate of drug-likeness (QED) is 0.575. The van der Waals surface area contributed by atoms with Crippen molar-refractivity contribution < 1.29 is 0 Å². The van der Waals surface area contributed by atoms with E-state index in [1.54, 1.807) is 0 Å². The highest BCUT2D eigenvalue weighted by atomic mass is 15.1. The summed E-state index contributed by atoms with van der Waals surface area (Å²) in [7, 11) is 0. The van der Waals surface area contributed by atoms with Crippen molar-refractivity contribution in [2.75, 3.05) is 26.2 Å². The topological polar surface area (TPSA) is 67.6 Å². The van der Waals surface area contributed by atoms with Crippen LogP contribution in [0.4, 0.5) is 0 Å². The molecule has 1 saturated carbocycles. The number of nitrogens with zero attached hydrogens (tertiary/aromatic N) is 2. The zero-order valence-corrected chi connectivity index (χ0v) is 10.8. The predicted molar refractivity (Wildman–Crippen MR) is 71.9 cm³/mol. The van der Waals surface area contributed by atoms with Crippen molar-refractivity contribution in [1.82, 2.24) is 4.90 Å². The molecule has 98 valence electrons. The van der Waals surface area contributed by atoms with Crippen molar-refractivity contribution in [2.24, 2.45) is 21.9 Å². The highest BCUT2D eigenvalue weighted by Crippen LogP contribution is 2.44. The zero-order valence-electron chi connectivity index (χ0n) is 10.8. The molecule has 0 aromatic heterocycles. The Bertz CT molecular complexity index is 255. The van der Waals surface area contributed by atoms with E-state index in [1.807, 2.05) is 0 Å². The minimum absolute atomic E-state index is 0.214. The molecule has 0 radical (unpaired) electrons. The molecule has 4 heteroatoms. The molecule has 1 saturated heterocycles. The summed E-state index contributed by atoms with van der Waals surface area (Å²) in [6, 6.07) is 0. The lowest BCUT2D eigenvalue weighted by molar-refractivity contribution is 0.0695. The lowest BCUT2D eigenvalue weighted by atomic mass is 9.68. The van der Waals surface area contributed by atoms with Crippen LogP contribution in [-0.4, -0.2) is 37.0 Å². The van der Waals surface area contributed by atoms with Gasteiger partial charge in [-0.1, -0.05) is 19.3 Å². The monoisotopic (exact) mass is 238 g/mol. The van der Waals surface area contributed by atoms with Crippen molar-refractivity contribution in [3.8, 4) is 0 Å². The van der Waals surface area contributed by atoms with Crippen molar-refractivity contribution in [2.45, 2.75) is 44.9 Å². The second kappa shape index (κ2) is 5.71. The van der Waals surface area contributed by atoms with Gasteiger partial charge in [-0.2, -0.15) is 0 Å². The molecule has 2 fully saturated rings. The maximum absolute atomic E-state index is 5.33. The van der Waals surface area contributed by atoms with Crippen LogP contribution in [0.5, 0.6) is 0 Å². The Balaban J connectivity index is 1.72. The molecule has 0 aromatic rings. The van der Waals surface area contributed by atoms with Gasteiger partial charge in [0.05, 0.1) is 6.54 Å². The van der Waals surface area contributed by atoms with Crippen LogP contribution in [0, 0.1) is 5.41 Å². The van der Waals surface area contributed by atoms with E-state index in [-0.39, 0.29) is 5.96 Å². The summed E-state index contributed by atoms with van der Waals surface area (Å²) >= 11 is 0. The summed E-state index contributed by atoms with van der Waals surface area (Å²) in [4.78, 5) is 6.56. The number of guanidine groups is 1. The van der Waals surface area contributed by atoms with Gasteiger partial charge in [0.25, 0.3) is 0 Å². The number of nitrogens with two attached hydrogens (primary N) is 2. The molecule has 1 heterocycles. The normalized spacial score (nSPS) is 24.7. The zero-order chi connectivity index (χ0) is 12.1. The van der Waals surface area contributed by atoms with E-state index in [0.29, 0.717) is 5.41 Å². The highest BCUT2D eigenvalue weighted by Gasteiger charge is 2.35. The van der Waals surface area contributed by atoms with Crippen LogP contribution in [-0.2, 0) is 0 Å². The van der Waals surface area contributed by atoms with Gasteiger partial charge in [-0.15, -0.1) is 0 Å². The number of rotatable bonds is 3. The molecule has 2 aliphatic rings. The summed E-state index contributed by atoms with van der Waals surface area (Å²) in [6.45, 7) is 4.23. The van der Waals surface area contributed by atoms with E-state index in [2.05, 4.69) is 9.89 Å². The second-order valence-electron chi connectivity index (χ2n) is 5.71. The molecule has 0 amide bonds. The summed E-state index contributed by atoms with van der Waals surface area (Å²) in [6.07, 6.45) is 10.1. The van der Waals surface area contributed by atoms with E-state index in [4.69, 9.17) is 11.5 Å². The first-order valence-electron chi connectivity index (χ1n) is 6.98. The van der Waals surface area contributed by atoms with Gasteiger partial charge < -0.3 is 16.4 Å². The SMILES string of the molecule is NC(N)=NCCN1CCC2(CCCCC2)CC1. The molecule has 0 unspecified atom stereocenters. The second-order valence-corrected chi connectivity index (χ2v) is 5.71. The first-order valence-corrected chi connectivity index (χ1v) is 6.98. The summed E-state index contributed by atoms with van der Waals surface area (Å²) < 4.78 is 0. The maximum atomic E-state index is 5.33. The van der Waals surface area contributed by atoms with Crippen molar-refractivity contribution >= 4 is 5.96 Å². The first-order chi connectivity index (χ1) is 8.20. The minimum Gasteiger partial charge on any atom is -0.370 e. The van der Waals surface area contributed by atoms with E-state index in [9.17, 15) is 0 Å². The maximum Gasteiger partial charge on any atom is 0.185 e. The molecule has 4 nitrogen and oxygen atoms in total. The fourth-order valence-corrected chi connectivity index (χ4v) is 3.37. The third-order valence-electron chi connectivity index (χ3n) is 4.54. The Morgan fingerprint density at radius 3 is 2.24 bits per heavy atom. The summed E-state index contributed by atoms with van der Waals surface area (Å²) in [5, 5.41) is 0. The number of hydrogen-bond donors (Lipinski definition) is 2. The highest BCUT2D eigenvalue weighted by molar-refractivity contribution is 5.75.